The van der Waals surface area contributed by atoms with Crippen molar-refractivity contribution in [3.05, 3.63) is 29.3 Å². The van der Waals surface area contributed by atoms with Gasteiger partial charge in [-0.3, -0.25) is 14.4 Å². The van der Waals surface area contributed by atoms with Gasteiger partial charge in [-0.15, -0.1) is 0 Å². The van der Waals surface area contributed by atoms with E-state index in [4.69, 9.17) is 11.5 Å². The summed E-state index contributed by atoms with van der Waals surface area (Å²) in [4.78, 5) is 33.8. The lowest BCUT2D eigenvalue weighted by atomic mass is 10.1. The molecule has 0 fully saturated rings. The topological polar surface area (TPSA) is 127 Å². The molecule has 0 saturated heterocycles. The summed E-state index contributed by atoms with van der Waals surface area (Å²) in [5.74, 6) is -1.64. The molecule has 1 aromatic carbocycles. The maximum Gasteiger partial charge on any atom is 0.248 e. The summed E-state index contributed by atoms with van der Waals surface area (Å²) in [6.07, 6.45) is 0.267. The second-order valence-electron chi connectivity index (χ2n) is 3.93. The van der Waals surface area contributed by atoms with Gasteiger partial charge in [-0.1, -0.05) is 0 Å². The molecule has 1 aromatic rings. The summed E-state index contributed by atoms with van der Waals surface area (Å²) in [6, 6.07) is 4.08. The standard InChI is InChI=1S/C12H16N4O3/c1-15-3-2-10(17)16-9-5-7(11(13)18)4-8(6-9)12(14)19/h4-6,15H,2-3H2,1H3,(H2,13,18)(H2,14,19)(H,16,17). The maximum absolute atomic E-state index is 11.6. The van der Waals surface area contributed by atoms with E-state index >= 15 is 0 Å². The highest BCUT2D eigenvalue weighted by Crippen LogP contribution is 2.15. The Balaban J connectivity index is 2.96. The zero-order valence-electron chi connectivity index (χ0n) is 10.5. The van der Waals surface area contributed by atoms with Crippen molar-refractivity contribution in [1.29, 1.82) is 0 Å². The molecule has 0 aliphatic heterocycles. The van der Waals surface area contributed by atoms with Crippen molar-refractivity contribution >= 4 is 23.4 Å². The molecule has 0 aliphatic rings. The van der Waals surface area contributed by atoms with Gasteiger partial charge >= 0.3 is 0 Å². The first-order valence-corrected chi connectivity index (χ1v) is 5.63. The van der Waals surface area contributed by atoms with Gasteiger partial charge in [0.2, 0.25) is 17.7 Å². The molecule has 0 aliphatic carbocycles. The van der Waals surface area contributed by atoms with Crippen LogP contribution in [-0.2, 0) is 4.79 Å². The predicted molar refractivity (Wildman–Crippen MR) is 70.7 cm³/mol. The van der Waals surface area contributed by atoms with Crippen molar-refractivity contribution < 1.29 is 14.4 Å². The van der Waals surface area contributed by atoms with Gasteiger partial charge in [0, 0.05) is 29.8 Å². The van der Waals surface area contributed by atoms with Crippen molar-refractivity contribution in [2.24, 2.45) is 11.5 Å². The Morgan fingerprint density at radius 2 is 1.58 bits per heavy atom. The van der Waals surface area contributed by atoms with E-state index in [1.165, 1.54) is 18.2 Å². The van der Waals surface area contributed by atoms with Gasteiger partial charge in [0.1, 0.15) is 0 Å². The summed E-state index contributed by atoms with van der Waals surface area (Å²) in [7, 11) is 1.73. The largest absolute Gasteiger partial charge is 0.366 e. The van der Waals surface area contributed by atoms with Gasteiger partial charge in [-0.2, -0.15) is 0 Å². The van der Waals surface area contributed by atoms with Gasteiger partial charge in [0.25, 0.3) is 0 Å². The minimum atomic E-state index is -0.700. The Hall–Kier alpha value is -2.41. The number of hydrogen-bond acceptors (Lipinski definition) is 4. The second kappa shape index (κ2) is 6.50. The molecule has 0 aromatic heterocycles. The monoisotopic (exact) mass is 264 g/mol. The number of rotatable bonds is 6. The molecule has 0 heterocycles. The molecule has 0 bridgehead atoms. The first-order valence-electron chi connectivity index (χ1n) is 5.63. The number of carbonyl (C=O) groups is 3. The first kappa shape index (κ1) is 14.7. The summed E-state index contributed by atoms with van der Waals surface area (Å²) in [6.45, 7) is 0.518. The number of amides is 3. The van der Waals surface area contributed by atoms with Crippen molar-refractivity contribution in [3.8, 4) is 0 Å². The normalized spacial score (nSPS) is 9.95. The Morgan fingerprint density at radius 1 is 1.05 bits per heavy atom. The van der Waals surface area contributed by atoms with Crippen LogP contribution in [0.2, 0.25) is 0 Å². The Labute approximate surface area is 110 Å². The van der Waals surface area contributed by atoms with E-state index < -0.39 is 11.8 Å². The summed E-state index contributed by atoms with van der Waals surface area (Å²) >= 11 is 0. The minimum Gasteiger partial charge on any atom is -0.366 e. The average molecular weight is 264 g/mol. The van der Waals surface area contributed by atoms with E-state index in [1.54, 1.807) is 7.05 Å². The predicted octanol–water partition coefficient (Wildman–Crippen LogP) is -0.568. The fraction of sp³-hybridized carbons (Fsp3) is 0.250. The van der Waals surface area contributed by atoms with E-state index in [-0.39, 0.29) is 23.5 Å². The molecule has 0 atom stereocenters. The summed E-state index contributed by atoms with van der Waals surface area (Å²) < 4.78 is 0. The zero-order chi connectivity index (χ0) is 14.4. The van der Waals surface area contributed by atoms with Crippen molar-refractivity contribution in [3.63, 3.8) is 0 Å². The van der Waals surface area contributed by atoms with Crippen LogP contribution in [0, 0.1) is 0 Å². The Kier molecular flexibility index (Phi) is 5.01. The van der Waals surface area contributed by atoms with Crippen molar-refractivity contribution in [1.82, 2.24) is 5.32 Å². The molecule has 3 amide bonds. The molecule has 7 nitrogen and oxygen atoms in total. The van der Waals surface area contributed by atoms with Crippen LogP contribution in [-0.4, -0.2) is 31.3 Å². The smallest absolute Gasteiger partial charge is 0.248 e. The molecule has 0 radical (unpaired) electrons. The molecular weight excluding hydrogens is 248 g/mol. The van der Waals surface area contributed by atoms with Crippen LogP contribution < -0.4 is 22.1 Å². The number of carbonyl (C=O) groups excluding carboxylic acids is 3. The Morgan fingerprint density at radius 3 is 2.00 bits per heavy atom. The fourth-order valence-electron chi connectivity index (χ4n) is 1.45. The molecule has 0 spiro atoms. The highest BCUT2D eigenvalue weighted by Gasteiger charge is 2.10. The second-order valence-corrected chi connectivity index (χ2v) is 3.93. The summed E-state index contributed by atoms with van der Waals surface area (Å²) in [5.41, 5.74) is 10.8. The lowest BCUT2D eigenvalue weighted by Crippen LogP contribution is -2.20. The van der Waals surface area contributed by atoms with Crippen LogP contribution in [0.15, 0.2) is 18.2 Å². The van der Waals surface area contributed by atoms with Crippen LogP contribution in [0.5, 0.6) is 0 Å². The Bertz CT molecular complexity index is 481. The SMILES string of the molecule is CNCCC(=O)Nc1cc(C(N)=O)cc(C(N)=O)c1. The molecule has 0 saturated carbocycles. The van der Waals surface area contributed by atoms with Crippen LogP contribution >= 0.6 is 0 Å². The zero-order valence-corrected chi connectivity index (χ0v) is 10.5. The molecule has 6 N–H and O–H groups in total. The van der Waals surface area contributed by atoms with E-state index in [9.17, 15) is 14.4 Å². The first-order chi connectivity index (χ1) is 8.93. The molecule has 19 heavy (non-hydrogen) atoms. The number of hydrogen-bond donors (Lipinski definition) is 4. The third-order valence-corrected chi connectivity index (χ3v) is 2.39. The molecule has 102 valence electrons. The molecule has 0 unspecified atom stereocenters. The van der Waals surface area contributed by atoms with E-state index in [0.29, 0.717) is 12.2 Å². The molecule has 7 heteroatoms. The van der Waals surface area contributed by atoms with Gasteiger partial charge in [0.15, 0.2) is 0 Å². The minimum absolute atomic E-state index is 0.111. The van der Waals surface area contributed by atoms with Gasteiger partial charge < -0.3 is 22.1 Å². The lowest BCUT2D eigenvalue weighted by Gasteiger charge is -2.08. The third-order valence-electron chi connectivity index (χ3n) is 2.39. The van der Waals surface area contributed by atoms with Crippen molar-refractivity contribution in [2.75, 3.05) is 18.9 Å². The average Bonchev–Trinajstić information content (AvgIpc) is 2.35. The molecular formula is C12H16N4O3. The number of primary amides is 2. The summed E-state index contributed by atoms with van der Waals surface area (Å²) in [5, 5.41) is 5.41. The number of anilines is 1. The van der Waals surface area contributed by atoms with E-state index in [2.05, 4.69) is 10.6 Å². The number of nitrogens with one attached hydrogen (secondary N) is 2. The van der Waals surface area contributed by atoms with Gasteiger partial charge in [-0.05, 0) is 25.2 Å². The van der Waals surface area contributed by atoms with E-state index in [0.717, 1.165) is 0 Å². The van der Waals surface area contributed by atoms with Gasteiger partial charge in [0.05, 0.1) is 0 Å². The molecule has 1 rings (SSSR count). The van der Waals surface area contributed by atoms with E-state index in [1.807, 2.05) is 0 Å². The fourth-order valence-corrected chi connectivity index (χ4v) is 1.45. The number of benzene rings is 1. The van der Waals surface area contributed by atoms with Crippen molar-refractivity contribution in [2.45, 2.75) is 6.42 Å². The third kappa shape index (κ3) is 4.40. The maximum atomic E-state index is 11.6. The highest BCUT2D eigenvalue weighted by atomic mass is 16.2. The van der Waals surface area contributed by atoms with Crippen LogP contribution in [0.25, 0.3) is 0 Å². The van der Waals surface area contributed by atoms with Crippen LogP contribution in [0.1, 0.15) is 27.1 Å². The van der Waals surface area contributed by atoms with Crippen LogP contribution in [0.4, 0.5) is 5.69 Å². The van der Waals surface area contributed by atoms with Gasteiger partial charge in [-0.25, -0.2) is 0 Å². The lowest BCUT2D eigenvalue weighted by molar-refractivity contribution is -0.116. The number of nitrogens with two attached hydrogens (primary N) is 2. The highest BCUT2D eigenvalue weighted by molar-refractivity contribution is 6.01. The van der Waals surface area contributed by atoms with Crippen LogP contribution in [0.3, 0.4) is 0 Å². The quantitative estimate of drug-likeness (QED) is 0.548.